The summed E-state index contributed by atoms with van der Waals surface area (Å²) < 4.78 is 29.0. The van der Waals surface area contributed by atoms with Gasteiger partial charge >= 0.3 is 0 Å². The summed E-state index contributed by atoms with van der Waals surface area (Å²) in [4.78, 5) is 19.9. The van der Waals surface area contributed by atoms with Crippen LogP contribution in [0.1, 0.15) is 34.1 Å². The molecular weight excluding hydrogens is 454 g/mol. The average Bonchev–Trinajstić information content (AvgIpc) is 3.29. The Bertz CT molecular complexity index is 1360. The van der Waals surface area contributed by atoms with Crippen molar-refractivity contribution in [2.45, 2.75) is 23.7 Å². The number of thiazole rings is 1. The first-order chi connectivity index (χ1) is 16.0. The zero-order valence-corrected chi connectivity index (χ0v) is 19.5. The third kappa shape index (κ3) is 4.62. The number of nitrogens with one attached hydrogen (secondary N) is 1. The van der Waals surface area contributed by atoms with Gasteiger partial charge in [0, 0.05) is 30.3 Å². The highest BCUT2D eigenvalue weighted by Gasteiger charge is 2.27. The molecular formula is C25H23N3O3S2. The van der Waals surface area contributed by atoms with Crippen LogP contribution in [0.4, 0.5) is 5.69 Å². The molecule has 1 saturated heterocycles. The molecule has 0 saturated carbocycles. The number of rotatable bonds is 5. The quantitative estimate of drug-likeness (QED) is 0.433. The molecule has 0 spiro atoms. The smallest absolute Gasteiger partial charge is 0.261 e. The zero-order valence-electron chi connectivity index (χ0n) is 17.8. The van der Waals surface area contributed by atoms with Gasteiger partial charge in [0.05, 0.1) is 20.1 Å². The van der Waals surface area contributed by atoms with Crippen LogP contribution >= 0.6 is 11.3 Å². The Kier molecular flexibility index (Phi) is 5.86. The lowest BCUT2D eigenvalue weighted by atomic mass is 9.97. The highest BCUT2D eigenvalue weighted by atomic mass is 32.2. The molecule has 0 aliphatic carbocycles. The van der Waals surface area contributed by atoms with E-state index in [0.717, 1.165) is 23.4 Å². The highest BCUT2D eigenvalue weighted by molar-refractivity contribution is 7.92. The van der Waals surface area contributed by atoms with Gasteiger partial charge in [-0.3, -0.25) is 9.52 Å². The molecule has 0 unspecified atom stereocenters. The number of hydrogen-bond acceptors (Lipinski definition) is 5. The van der Waals surface area contributed by atoms with Gasteiger partial charge in [-0.1, -0.05) is 36.4 Å². The summed E-state index contributed by atoms with van der Waals surface area (Å²) in [6.45, 7) is 1.30. The van der Waals surface area contributed by atoms with Gasteiger partial charge < -0.3 is 4.90 Å². The van der Waals surface area contributed by atoms with Crippen molar-refractivity contribution >= 4 is 43.2 Å². The second-order valence-corrected chi connectivity index (χ2v) is 10.8. The Balaban J connectivity index is 1.26. The van der Waals surface area contributed by atoms with Gasteiger partial charge in [0.25, 0.3) is 15.9 Å². The van der Waals surface area contributed by atoms with Crippen LogP contribution in [0.5, 0.6) is 0 Å². The number of aromatic nitrogens is 1. The number of fused-ring (bicyclic) bond motifs is 1. The third-order valence-corrected chi connectivity index (χ3v) is 8.45. The van der Waals surface area contributed by atoms with Gasteiger partial charge in [0.15, 0.2) is 0 Å². The zero-order chi connectivity index (χ0) is 22.8. The minimum absolute atomic E-state index is 0.0847. The summed E-state index contributed by atoms with van der Waals surface area (Å²) >= 11 is 1.74. The molecule has 5 rings (SSSR count). The first-order valence-corrected chi connectivity index (χ1v) is 13.1. The summed E-state index contributed by atoms with van der Waals surface area (Å²) in [6, 6.07) is 23.0. The maximum absolute atomic E-state index is 13.1. The van der Waals surface area contributed by atoms with Crippen molar-refractivity contribution < 1.29 is 13.2 Å². The summed E-state index contributed by atoms with van der Waals surface area (Å²) in [6.07, 6.45) is 1.73. The number of likely N-dealkylation sites (tertiary alicyclic amines) is 1. The number of carbonyl (C=O) groups excluding carboxylic acids is 1. The first-order valence-electron chi connectivity index (χ1n) is 10.8. The van der Waals surface area contributed by atoms with E-state index in [9.17, 15) is 13.2 Å². The minimum Gasteiger partial charge on any atom is -0.339 e. The molecule has 8 heteroatoms. The van der Waals surface area contributed by atoms with Crippen LogP contribution in [0, 0.1) is 0 Å². The van der Waals surface area contributed by atoms with Crippen LogP contribution < -0.4 is 4.72 Å². The number of sulfonamides is 1. The maximum Gasteiger partial charge on any atom is 0.261 e. The van der Waals surface area contributed by atoms with Crippen molar-refractivity contribution in [1.82, 2.24) is 9.88 Å². The molecule has 1 aromatic heterocycles. The van der Waals surface area contributed by atoms with Crippen LogP contribution in [0.15, 0.2) is 83.8 Å². The van der Waals surface area contributed by atoms with Gasteiger partial charge in [-0.15, -0.1) is 11.3 Å². The van der Waals surface area contributed by atoms with Crippen molar-refractivity contribution in [1.29, 1.82) is 0 Å². The number of carbonyl (C=O) groups is 1. The van der Waals surface area contributed by atoms with Gasteiger partial charge in [-0.2, -0.15) is 0 Å². The molecule has 0 atom stereocenters. The van der Waals surface area contributed by atoms with E-state index < -0.39 is 10.0 Å². The van der Waals surface area contributed by atoms with E-state index in [1.54, 1.807) is 53.8 Å². The van der Waals surface area contributed by atoms with E-state index in [0.29, 0.717) is 30.3 Å². The summed E-state index contributed by atoms with van der Waals surface area (Å²) in [5.74, 6) is 0.272. The largest absolute Gasteiger partial charge is 0.339 e. The Labute approximate surface area is 197 Å². The van der Waals surface area contributed by atoms with Crippen LogP contribution in [0.25, 0.3) is 10.2 Å². The summed E-state index contributed by atoms with van der Waals surface area (Å²) in [5.41, 5.74) is 1.88. The Morgan fingerprint density at radius 3 is 2.42 bits per heavy atom. The number of piperidine rings is 1. The van der Waals surface area contributed by atoms with Crippen LogP contribution in [-0.2, 0) is 10.0 Å². The standard InChI is InChI=1S/C25H23N3O3S2/c29-25(19-7-6-8-20(17-19)27-33(30,31)21-9-2-1-3-10-21)28-15-13-18(14-16-28)24-26-22-11-4-5-12-23(22)32-24/h1-12,17-18,27H,13-16H2. The lowest BCUT2D eigenvalue weighted by Crippen LogP contribution is -2.37. The van der Waals surface area contributed by atoms with E-state index in [1.807, 2.05) is 23.1 Å². The Hall–Kier alpha value is -3.23. The predicted octanol–water partition coefficient (Wildman–Crippen LogP) is 5.12. The average molecular weight is 478 g/mol. The topological polar surface area (TPSA) is 79.4 Å². The van der Waals surface area contributed by atoms with Crippen molar-refractivity contribution in [3.63, 3.8) is 0 Å². The molecule has 3 aromatic carbocycles. The van der Waals surface area contributed by atoms with Crippen molar-refractivity contribution in [2.24, 2.45) is 0 Å². The van der Waals surface area contributed by atoms with Crippen molar-refractivity contribution in [3.8, 4) is 0 Å². The Morgan fingerprint density at radius 1 is 0.939 bits per heavy atom. The van der Waals surface area contributed by atoms with E-state index in [-0.39, 0.29) is 10.8 Å². The monoisotopic (exact) mass is 477 g/mol. The van der Waals surface area contributed by atoms with E-state index >= 15 is 0 Å². The van der Waals surface area contributed by atoms with Gasteiger partial charge in [0.2, 0.25) is 0 Å². The normalized spacial score (nSPS) is 15.0. The number of para-hydroxylation sites is 1. The number of nitrogens with zero attached hydrogens (tertiary/aromatic N) is 2. The van der Waals surface area contributed by atoms with Gasteiger partial charge in [-0.05, 0) is 55.3 Å². The highest BCUT2D eigenvalue weighted by Crippen LogP contribution is 2.34. The van der Waals surface area contributed by atoms with E-state index in [2.05, 4.69) is 10.8 Å². The molecule has 2 heterocycles. The third-order valence-electron chi connectivity index (χ3n) is 5.86. The number of anilines is 1. The van der Waals surface area contributed by atoms with Crippen LogP contribution in [-0.4, -0.2) is 37.3 Å². The molecule has 1 amide bonds. The number of benzene rings is 3. The van der Waals surface area contributed by atoms with Crippen molar-refractivity contribution in [2.75, 3.05) is 17.8 Å². The van der Waals surface area contributed by atoms with E-state index in [1.165, 1.54) is 16.8 Å². The molecule has 1 aliphatic rings. The molecule has 1 aliphatic heterocycles. The lowest BCUT2D eigenvalue weighted by molar-refractivity contribution is 0.0713. The fourth-order valence-electron chi connectivity index (χ4n) is 4.11. The van der Waals surface area contributed by atoms with Crippen LogP contribution in [0.2, 0.25) is 0 Å². The molecule has 1 fully saturated rings. The lowest BCUT2D eigenvalue weighted by Gasteiger charge is -2.31. The van der Waals surface area contributed by atoms with Crippen LogP contribution in [0.3, 0.4) is 0 Å². The van der Waals surface area contributed by atoms with Gasteiger partial charge in [0.1, 0.15) is 0 Å². The molecule has 4 aromatic rings. The van der Waals surface area contributed by atoms with E-state index in [4.69, 9.17) is 4.98 Å². The fourth-order valence-corrected chi connectivity index (χ4v) is 6.31. The molecule has 33 heavy (non-hydrogen) atoms. The number of amides is 1. The maximum atomic E-state index is 13.1. The predicted molar refractivity (Wildman–Crippen MR) is 131 cm³/mol. The van der Waals surface area contributed by atoms with Gasteiger partial charge in [-0.25, -0.2) is 13.4 Å². The summed E-state index contributed by atoms with van der Waals surface area (Å²) in [5, 5.41) is 1.14. The number of hydrogen-bond donors (Lipinski definition) is 1. The van der Waals surface area contributed by atoms with Crippen molar-refractivity contribution in [3.05, 3.63) is 89.4 Å². The molecule has 0 bridgehead atoms. The summed E-state index contributed by atoms with van der Waals surface area (Å²) in [7, 11) is -3.71. The molecule has 1 N–H and O–H groups in total. The second kappa shape index (κ2) is 8.96. The molecule has 168 valence electrons. The minimum atomic E-state index is -3.71. The second-order valence-electron chi connectivity index (χ2n) is 8.09. The first kappa shape index (κ1) is 21.6. The molecule has 6 nitrogen and oxygen atoms in total. The SMILES string of the molecule is O=C(c1cccc(NS(=O)(=O)c2ccccc2)c1)N1CCC(c2nc3ccccc3s2)CC1. The molecule has 0 radical (unpaired) electrons. The fraction of sp³-hybridized carbons (Fsp3) is 0.200. The Morgan fingerprint density at radius 2 is 1.67 bits per heavy atom.